The maximum Gasteiger partial charge on any atom is 0.410 e. The number of hydrogen-bond donors (Lipinski definition) is 2. The SMILES string of the molecule is Cc1cc(C)cc(C2=CCN(S(=O)(=O)CC3(C(=O)NO)CCN(C(=O)O[C@H]4CCOC4)CC3)CC2)c1. The lowest BCUT2D eigenvalue weighted by molar-refractivity contribution is -0.141. The lowest BCUT2D eigenvalue weighted by Gasteiger charge is -2.40. The molecule has 198 valence electrons. The molecule has 0 unspecified atom stereocenters. The van der Waals surface area contributed by atoms with Gasteiger partial charge in [-0.3, -0.25) is 10.0 Å². The van der Waals surface area contributed by atoms with Crippen molar-refractivity contribution >= 4 is 27.6 Å². The number of hydroxylamine groups is 1. The molecule has 0 radical (unpaired) electrons. The summed E-state index contributed by atoms with van der Waals surface area (Å²) in [7, 11) is -3.81. The summed E-state index contributed by atoms with van der Waals surface area (Å²) in [4.78, 5) is 26.7. The maximum atomic E-state index is 13.4. The van der Waals surface area contributed by atoms with E-state index in [1.165, 1.54) is 9.21 Å². The summed E-state index contributed by atoms with van der Waals surface area (Å²) in [6.07, 6.45) is 2.58. The number of likely N-dealkylation sites (tertiary alicyclic amines) is 1. The first kappa shape index (κ1) is 26.6. The molecule has 2 saturated heterocycles. The number of carbonyl (C=O) groups is 2. The second-order valence-electron chi connectivity index (χ2n) is 10.0. The van der Waals surface area contributed by atoms with Gasteiger partial charge >= 0.3 is 6.09 Å². The number of piperidine rings is 1. The first-order chi connectivity index (χ1) is 17.1. The van der Waals surface area contributed by atoms with Crippen molar-refractivity contribution in [2.24, 2.45) is 5.41 Å². The first-order valence-electron chi connectivity index (χ1n) is 12.4. The molecule has 1 aromatic carbocycles. The Bertz CT molecular complexity index is 1100. The number of sulfonamides is 1. The van der Waals surface area contributed by atoms with Crippen LogP contribution in [0.25, 0.3) is 5.57 Å². The van der Waals surface area contributed by atoms with E-state index < -0.39 is 33.2 Å². The van der Waals surface area contributed by atoms with Crippen LogP contribution in [0.1, 0.15) is 42.4 Å². The van der Waals surface area contributed by atoms with Gasteiger partial charge in [0.15, 0.2) is 0 Å². The fourth-order valence-electron chi connectivity index (χ4n) is 5.26. The minimum atomic E-state index is -3.81. The molecule has 4 rings (SSSR count). The molecule has 0 bridgehead atoms. The van der Waals surface area contributed by atoms with Gasteiger partial charge in [-0.15, -0.1) is 0 Å². The Morgan fingerprint density at radius 2 is 1.86 bits per heavy atom. The Kier molecular flexibility index (Phi) is 8.03. The van der Waals surface area contributed by atoms with Gasteiger partial charge in [-0.25, -0.2) is 18.7 Å². The number of hydrogen-bond acceptors (Lipinski definition) is 7. The van der Waals surface area contributed by atoms with Gasteiger partial charge in [-0.2, -0.15) is 4.31 Å². The van der Waals surface area contributed by atoms with E-state index in [4.69, 9.17) is 9.47 Å². The van der Waals surface area contributed by atoms with Gasteiger partial charge in [0.25, 0.3) is 5.91 Å². The molecule has 0 aliphatic carbocycles. The average Bonchev–Trinajstić information content (AvgIpc) is 3.36. The lowest BCUT2D eigenvalue weighted by atomic mass is 9.79. The molecule has 11 heteroatoms. The monoisotopic (exact) mass is 521 g/mol. The highest BCUT2D eigenvalue weighted by Gasteiger charge is 2.47. The van der Waals surface area contributed by atoms with Crippen molar-refractivity contribution in [2.45, 2.75) is 45.6 Å². The van der Waals surface area contributed by atoms with E-state index in [0.29, 0.717) is 32.6 Å². The zero-order valence-corrected chi connectivity index (χ0v) is 21.7. The topological polar surface area (TPSA) is 125 Å². The Balaban J connectivity index is 1.42. The number of ether oxygens (including phenoxy) is 2. The smallest absolute Gasteiger partial charge is 0.410 e. The molecular formula is C25H35N3O7S. The van der Waals surface area contributed by atoms with Gasteiger partial charge < -0.3 is 14.4 Å². The summed E-state index contributed by atoms with van der Waals surface area (Å²) in [6.45, 7) is 5.85. The molecular weight excluding hydrogens is 486 g/mol. The van der Waals surface area contributed by atoms with Crippen LogP contribution in [0.3, 0.4) is 0 Å². The Morgan fingerprint density at radius 1 is 1.17 bits per heavy atom. The van der Waals surface area contributed by atoms with E-state index in [-0.39, 0.29) is 38.6 Å². The summed E-state index contributed by atoms with van der Waals surface area (Å²) in [5.74, 6) is -1.18. The predicted octanol–water partition coefficient (Wildman–Crippen LogP) is 2.24. The second kappa shape index (κ2) is 10.9. The third-order valence-corrected chi connectivity index (χ3v) is 9.37. The lowest BCUT2D eigenvalue weighted by Crippen LogP contribution is -2.54. The van der Waals surface area contributed by atoms with Crippen molar-refractivity contribution in [3.8, 4) is 0 Å². The van der Waals surface area contributed by atoms with E-state index in [9.17, 15) is 23.2 Å². The fourth-order valence-corrected chi connectivity index (χ4v) is 7.23. The normalized spacial score (nSPS) is 22.7. The highest BCUT2D eigenvalue weighted by atomic mass is 32.2. The summed E-state index contributed by atoms with van der Waals surface area (Å²) in [6, 6.07) is 6.30. The second-order valence-corrected chi connectivity index (χ2v) is 12.0. The molecule has 3 aliphatic heterocycles. The quantitative estimate of drug-likeness (QED) is 0.434. The Hall–Kier alpha value is -2.47. The number of amides is 2. The molecule has 0 aromatic heterocycles. The Morgan fingerprint density at radius 3 is 2.42 bits per heavy atom. The van der Waals surface area contributed by atoms with Gasteiger partial charge in [-0.1, -0.05) is 35.4 Å². The van der Waals surface area contributed by atoms with E-state index in [0.717, 1.165) is 22.3 Å². The van der Waals surface area contributed by atoms with Crippen LogP contribution < -0.4 is 5.48 Å². The van der Waals surface area contributed by atoms with E-state index in [2.05, 4.69) is 18.2 Å². The summed E-state index contributed by atoms with van der Waals surface area (Å²) < 4.78 is 38.8. The van der Waals surface area contributed by atoms with E-state index in [1.807, 2.05) is 19.9 Å². The van der Waals surface area contributed by atoms with Crippen molar-refractivity contribution in [3.63, 3.8) is 0 Å². The van der Waals surface area contributed by atoms with Crippen LogP contribution in [-0.2, 0) is 24.3 Å². The number of nitrogens with zero attached hydrogens (tertiary/aromatic N) is 2. The third kappa shape index (κ3) is 5.91. The summed E-state index contributed by atoms with van der Waals surface area (Å²) in [5.41, 5.74) is 4.85. The zero-order valence-electron chi connectivity index (χ0n) is 20.9. The number of aryl methyl sites for hydroxylation is 2. The highest BCUT2D eigenvalue weighted by molar-refractivity contribution is 7.89. The van der Waals surface area contributed by atoms with Gasteiger partial charge in [-0.05, 0) is 44.2 Å². The number of nitrogens with one attached hydrogen (secondary N) is 1. The van der Waals surface area contributed by atoms with Gasteiger partial charge in [0.2, 0.25) is 10.0 Å². The highest BCUT2D eigenvalue weighted by Crippen LogP contribution is 2.36. The van der Waals surface area contributed by atoms with Gasteiger partial charge in [0.1, 0.15) is 6.10 Å². The van der Waals surface area contributed by atoms with Crippen LogP contribution >= 0.6 is 0 Å². The van der Waals surface area contributed by atoms with Crippen LogP contribution in [0.4, 0.5) is 4.79 Å². The summed E-state index contributed by atoms with van der Waals surface area (Å²) in [5, 5.41) is 9.39. The third-order valence-electron chi connectivity index (χ3n) is 7.33. The minimum absolute atomic E-state index is 0.104. The van der Waals surface area contributed by atoms with Crippen LogP contribution in [0, 0.1) is 19.3 Å². The molecule has 10 nitrogen and oxygen atoms in total. The molecule has 1 aromatic rings. The van der Waals surface area contributed by atoms with Crippen molar-refractivity contribution in [2.75, 3.05) is 45.1 Å². The van der Waals surface area contributed by atoms with Crippen LogP contribution in [0.2, 0.25) is 0 Å². The molecule has 2 amide bonds. The summed E-state index contributed by atoms with van der Waals surface area (Å²) >= 11 is 0. The van der Waals surface area contributed by atoms with Crippen LogP contribution in [0.15, 0.2) is 24.3 Å². The first-order valence-corrected chi connectivity index (χ1v) is 14.0. The van der Waals surface area contributed by atoms with Crippen molar-refractivity contribution < 1.29 is 32.7 Å². The van der Waals surface area contributed by atoms with E-state index in [1.54, 1.807) is 5.48 Å². The molecule has 2 fully saturated rings. The maximum absolute atomic E-state index is 13.4. The largest absolute Gasteiger partial charge is 0.444 e. The van der Waals surface area contributed by atoms with Gasteiger partial charge in [0.05, 0.1) is 24.4 Å². The number of benzene rings is 1. The predicted molar refractivity (Wildman–Crippen MR) is 133 cm³/mol. The molecule has 3 heterocycles. The number of carbonyl (C=O) groups excluding carboxylic acids is 2. The molecule has 36 heavy (non-hydrogen) atoms. The van der Waals surface area contributed by atoms with Crippen LogP contribution in [-0.4, -0.2) is 86.1 Å². The standard InChI is InChI=1S/C25H35N3O7S/c1-18-13-19(2)15-21(14-18)20-3-8-28(9-4-20)36(32,33)17-25(23(29)26-31)6-10-27(11-7-25)24(30)35-22-5-12-34-16-22/h3,13-15,22,31H,4-12,16-17H2,1-2H3,(H,26,29)/t22-/m0/s1. The average molecular weight is 522 g/mol. The Labute approximate surface area is 212 Å². The molecule has 0 spiro atoms. The van der Waals surface area contributed by atoms with Gasteiger partial charge in [0, 0.05) is 32.6 Å². The molecule has 2 N–H and O–H groups in total. The van der Waals surface area contributed by atoms with Crippen molar-refractivity contribution in [1.29, 1.82) is 0 Å². The van der Waals surface area contributed by atoms with Crippen LogP contribution in [0.5, 0.6) is 0 Å². The molecule has 0 saturated carbocycles. The number of rotatable bonds is 6. The van der Waals surface area contributed by atoms with Crippen molar-refractivity contribution in [3.05, 3.63) is 41.0 Å². The zero-order chi connectivity index (χ0) is 25.9. The fraction of sp³-hybridized carbons (Fsp3) is 0.600. The van der Waals surface area contributed by atoms with E-state index >= 15 is 0 Å². The molecule has 1 atom stereocenters. The molecule has 3 aliphatic rings. The minimum Gasteiger partial charge on any atom is -0.444 e. The van der Waals surface area contributed by atoms with Crippen molar-refractivity contribution in [1.82, 2.24) is 14.7 Å².